The van der Waals surface area contributed by atoms with E-state index in [-0.39, 0.29) is 11.7 Å². The molecule has 0 aliphatic carbocycles. The molecular weight excluding hydrogens is 354 g/mol. The highest BCUT2D eigenvalue weighted by Gasteiger charge is 2.17. The van der Waals surface area contributed by atoms with Crippen LogP contribution in [0, 0.1) is 11.6 Å². The average Bonchev–Trinajstić information content (AvgIpc) is 3.18. The number of hydrogen-bond donors (Lipinski definition) is 1. The maximum atomic E-state index is 13.5. The van der Waals surface area contributed by atoms with Crippen LogP contribution in [0.15, 0.2) is 66.0 Å². The number of anilines is 1. The number of thiophene rings is 1. The van der Waals surface area contributed by atoms with Gasteiger partial charge in [0.1, 0.15) is 17.3 Å². The zero-order chi connectivity index (χ0) is 18.1. The van der Waals surface area contributed by atoms with Crippen LogP contribution in [-0.2, 0) is 6.54 Å². The number of aromatic nitrogens is 1. The number of carbonyl (C=O) groups excluding carboxylic acids is 1. The number of fused-ring (bicyclic) bond motifs is 1. The second-order valence-electron chi connectivity index (χ2n) is 5.88. The van der Waals surface area contributed by atoms with Crippen LogP contribution in [0.3, 0.4) is 0 Å². The van der Waals surface area contributed by atoms with E-state index in [0.717, 1.165) is 15.8 Å². The summed E-state index contributed by atoms with van der Waals surface area (Å²) in [5.41, 5.74) is 2.49. The largest absolute Gasteiger partial charge is 0.331 e. The number of hydrogen-bond acceptors (Lipinski definition) is 2. The van der Waals surface area contributed by atoms with E-state index in [2.05, 4.69) is 5.32 Å². The molecule has 26 heavy (non-hydrogen) atoms. The quantitative estimate of drug-likeness (QED) is 0.522. The fourth-order valence-electron chi connectivity index (χ4n) is 2.91. The molecule has 2 aromatic heterocycles. The van der Waals surface area contributed by atoms with Crippen molar-refractivity contribution in [3.63, 3.8) is 0 Å². The molecule has 0 bridgehead atoms. The molecule has 0 saturated heterocycles. The number of amides is 1. The summed E-state index contributed by atoms with van der Waals surface area (Å²) < 4.78 is 29.7. The molecule has 0 unspecified atom stereocenters. The Hall–Kier alpha value is -2.99. The lowest BCUT2D eigenvalue weighted by Gasteiger charge is -2.11. The highest BCUT2D eigenvalue weighted by Crippen LogP contribution is 2.27. The highest BCUT2D eigenvalue weighted by atomic mass is 32.1. The number of nitrogens with zero attached hydrogens (tertiary/aromatic N) is 1. The van der Waals surface area contributed by atoms with Crippen molar-refractivity contribution in [3.05, 3.63) is 88.9 Å². The smallest absolute Gasteiger partial charge is 0.272 e. The van der Waals surface area contributed by atoms with Crippen LogP contribution in [0.25, 0.3) is 10.2 Å². The maximum Gasteiger partial charge on any atom is 0.272 e. The third kappa shape index (κ3) is 3.23. The molecule has 4 rings (SSSR count). The van der Waals surface area contributed by atoms with Crippen LogP contribution in [0.1, 0.15) is 16.1 Å². The third-order valence-corrected chi connectivity index (χ3v) is 4.92. The molecule has 0 fully saturated rings. The van der Waals surface area contributed by atoms with Gasteiger partial charge in [-0.2, -0.15) is 0 Å². The summed E-state index contributed by atoms with van der Waals surface area (Å²) in [4.78, 5) is 12.7. The first-order chi connectivity index (χ1) is 12.6. The minimum atomic E-state index is -0.418. The molecule has 130 valence electrons. The summed E-state index contributed by atoms with van der Waals surface area (Å²) in [7, 11) is 0. The Labute approximate surface area is 152 Å². The van der Waals surface area contributed by atoms with Crippen LogP contribution in [0.5, 0.6) is 0 Å². The van der Waals surface area contributed by atoms with E-state index < -0.39 is 5.82 Å². The van der Waals surface area contributed by atoms with Gasteiger partial charge < -0.3 is 9.88 Å². The molecule has 0 spiro atoms. The molecule has 0 aliphatic rings. The second kappa shape index (κ2) is 6.72. The minimum Gasteiger partial charge on any atom is -0.331 e. The summed E-state index contributed by atoms with van der Waals surface area (Å²) in [5.74, 6) is -1.07. The van der Waals surface area contributed by atoms with Gasteiger partial charge in [-0.15, -0.1) is 11.3 Å². The number of halogens is 2. The van der Waals surface area contributed by atoms with Crippen molar-refractivity contribution in [1.82, 2.24) is 4.57 Å². The molecule has 0 saturated carbocycles. The van der Waals surface area contributed by atoms with Crippen molar-refractivity contribution in [1.29, 1.82) is 0 Å². The fraction of sp³-hybridized carbons (Fsp3) is 0.0500. The molecule has 0 atom stereocenters. The maximum absolute atomic E-state index is 13.5. The van der Waals surface area contributed by atoms with Crippen LogP contribution >= 0.6 is 11.3 Å². The molecule has 2 heterocycles. The third-order valence-electron chi connectivity index (χ3n) is 4.07. The van der Waals surface area contributed by atoms with E-state index in [1.165, 1.54) is 41.7 Å². The lowest BCUT2D eigenvalue weighted by Crippen LogP contribution is -2.17. The van der Waals surface area contributed by atoms with E-state index in [9.17, 15) is 13.6 Å². The molecule has 0 aliphatic heterocycles. The van der Waals surface area contributed by atoms with E-state index in [4.69, 9.17) is 0 Å². The topological polar surface area (TPSA) is 34.0 Å². The van der Waals surface area contributed by atoms with Gasteiger partial charge in [-0.05, 0) is 53.4 Å². The Balaban J connectivity index is 1.70. The Bertz CT molecular complexity index is 1100. The van der Waals surface area contributed by atoms with Gasteiger partial charge in [0.15, 0.2) is 0 Å². The molecule has 2 aromatic carbocycles. The molecule has 6 heteroatoms. The number of nitrogens with one attached hydrogen (secondary N) is 1. The van der Waals surface area contributed by atoms with Gasteiger partial charge in [-0.25, -0.2) is 8.78 Å². The van der Waals surface area contributed by atoms with Crippen molar-refractivity contribution in [2.24, 2.45) is 0 Å². The first-order valence-electron chi connectivity index (χ1n) is 7.98. The first kappa shape index (κ1) is 16.5. The fourth-order valence-corrected chi connectivity index (χ4v) is 3.74. The van der Waals surface area contributed by atoms with Gasteiger partial charge in [0.05, 0.1) is 10.2 Å². The standard InChI is InChI=1S/C20H14F2N2OS/c21-14-4-1-3-13(9-14)12-24-17-7-8-26-19(17)11-18(24)20(25)23-16-6-2-5-15(22)10-16/h1-11H,12H2,(H,23,25). The van der Waals surface area contributed by atoms with Gasteiger partial charge in [0.2, 0.25) is 0 Å². The Kier molecular flexibility index (Phi) is 4.26. The first-order valence-corrected chi connectivity index (χ1v) is 8.86. The number of carbonyl (C=O) groups is 1. The van der Waals surface area contributed by atoms with Gasteiger partial charge in [-0.1, -0.05) is 18.2 Å². The Morgan fingerprint density at radius 2 is 1.77 bits per heavy atom. The monoisotopic (exact) mass is 368 g/mol. The van der Waals surface area contributed by atoms with E-state index in [1.807, 2.05) is 22.1 Å². The van der Waals surface area contributed by atoms with Gasteiger partial charge in [0.25, 0.3) is 5.91 Å². The van der Waals surface area contributed by atoms with Crippen LogP contribution in [-0.4, -0.2) is 10.5 Å². The zero-order valence-corrected chi connectivity index (χ0v) is 14.4. The average molecular weight is 368 g/mol. The molecule has 0 radical (unpaired) electrons. The Morgan fingerprint density at radius 3 is 2.54 bits per heavy atom. The highest BCUT2D eigenvalue weighted by molar-refractivity contribution is 7.17. The molecular formula is C20H14F2N2OS. The van der Waals surface area contributed by atoms with Gasteiger partial charge >= 0.3 is 0 Å². The number of rotatable bonds is 4. The summed E-state index contributed by atoms with van der Waals surface area (Å²) >= 11 is 1.53. The summed E-state index contributed by atoms with van der Waals surface area (Å²) in [6.07, 6.45) is 0. The van der Waals surface area contributed by atoms with E-state index in [0.29, 0.717) is 17.9 Å². The normalized spacial score (nSPS) is 11.0. The van der Waals surface area contributed by atoms with Crippen molar-refractivity contribution in [2.75, 3.05) is 5.32 Å². The second-order valence-corrected chi connectivity index (χ2v) is 6.83. The summed E-state index contributed by atoms with van der Waals surface area (Å²) in [6.45, 7) is 0.365. The van der Waals surface area contributed by atoms with Crippen LogP contribution in [0.2, 0.25) is 0 Å². The number of benzene rings is 2. The van der Waals surface area contributed by atoms with E-state index in [1.54, 1.807) is 18.2 Å². The molecule has 1 amide bonds. The van der Waals surface area contributed by atoms with Gasteiger partial charge in [-0.3, -0.25) is 4.79 Å². The molecule has 4 aromatic rings. The van der Waals surface area contributed by atoms with Crippen molar-refractivity contribution in [3.8, 4) is 0 Å². The van der Waals surface area contributed by atoms with Gasteiger partial charge in [0, 0.05) is 12.2 Å². The predicted molar refractivity (Wildman–Crippen MR) is 99.7 cm³/mol. The van der Waals surface area contributed by atoms with Crippen molar-refractivity contribution < 1.29 is 13.6 Å². The lowest BCUT2D eigenvalue weighted by atomic mass is 10.2. The van der Waals surface area contributed by atoms with Crippen LogP contribution < -0.4 is 5.32 Å². The molecule has 1 N–H and O–H groups in total. The Morgan fingerprint density at radius 1 is 1.00 bits per heavy atom. The minimum absolute atomic E-state index is 0.318. The van der Waals surface area contributed by atoms with Crippen LogP contribution in [0.4, 0.5) is 14.5 Å². The molecule has 3 nitrogen and oxygen atoms in total. The summed E-state index contributed by atoms with van der Waals surface area (Å²) in [6, 6.07) is 15.8. The van der Waals surface area contributed by atoms with Crippen molar-refractivity contribution >= 4 is 33.1 Å². The predicted octanol–water partition coefficient (Wildman–Crippen LogP) is 5.28. The van der Waals surface area contributed by atoms with E-state index >= 15 is 0 Å². The van der Waals surface area contributed by atoms with Crippen molar-refractivity contribution in [2.45, 2.75) is 6.54 Å². The SMILES string of the molecule is O=C(Nc1cccc(F)c1)c1cc2sccc2n1Cc1cccc(F)c1. The lowest BCUT2D eigenvalue weighted by molar-refractivity contribution is 0.101. The zero-order valence-electron chi connectivity index (χ0n) is 13.6. The summed E-state index contributed by atoms with van der Waals surface area (Å²) in [5, 5.41) is 4.66.